The highest BCUT2D eigenvalue weighted by Gasteiger charge is 2.20. The van der Waals surface area contributed by atoms with Gasteiger partial charge in [-0.2, -0.15) is 0 Å². The van der Waals surface area contributed by atoms with Crippen molar-refractivity contribution in [3.05, 3.63) is 33.8 Å². The van der Waals surface area contributed by atoms with Crippen molar-refractivity contribution in [1.82, 2.24) is 9.97 Å². The minimum absolute atomic E-state index is 0.172. The lowest BCUT2D eigenvalue weighted by Gasteiger charge is -2.27. The van der Waals surface area contributed by atoms with Gasteiger partial charge in [0.1, 0.15) is 11.0 Å². The standard InChI is InChI=1S/C11H10ClN3O2/c12-8-3-6-1-2-13-11(16)9(6)10(15-8)14-7-4-17-5-7/h1-3,7H,4-5H2,(H,13,16)(H,14,15). The number of pyridine rings is 2. The van der Waals surface area contributed by atoms with Crippen molar-refractivity contribution in [2.24, 2.45) is 0 Å². The van der Waals surface area contributed by atoms with Gasteiger partial charge in [-0.1, -0.05) is 11.6 Å². The van der Waals surface area contributed by atoms with Gasteiger partial charge in [0.15, 0.2) is 0 Å². The van der Waals surface area contributed by atoms with Crippen molar-refractivity contribution < 1.29 is 4.74 Å². The number of aromatic amines is 1. The Labute approximate surface area is 102 Å². The summed E-state index contributed by atoms with van der Waals surface area (Å²) in [6, 6.07) is 3.67. The fourth-order valence-corrected chi connectivity index (χ4v) is 2.00. The second-order valence-electron chi connectivity index (χ2n) is 3.94. The molecule has 88 valence electrons. The summed E-state index contributed by atoms with van der Waals surface area (Å²) in [6.45, 7) is 1.25. The lowest BCUT2D eigenvalue weighted by molar-refractivity contribution is 0.0210. The first-order chi connectivity index (χ1) is 8.24. The van der Waals surface area contributed by atoms with Crippen LogP contribution in [0.15, 0.2) is 23.1 Å². The summed E-state index contributed by atoms with van der Waals surface area (Å²) in [5, 5.41) is 4.83. The third kappa shape index (κ3) is 1.87. The van der Waals surface area contributed by atoms with Crippen LogP contribution < -0.4 is 10.9 Å². The summed E-state index contributed by atoms with van der Waals surface area (Å²) in [5.41, 5.74) is -0.172. The van der Waals surface area contributed by atoms with Crippen molar-refractivity contribution in [1.29, 1.82) is 0 Å². The van der Waals surface area contributed by atoms with E-state index in [0.717, 1.165) is 5.39 Å². The maximum Gasteiger partial charge on any atom is 0.259 e. The third-order valence-electron chi connectivity index (χ3n) is 2.70. The number of hydrogen-bond donors (Lipinski definition) is 2. The molecule has 0 bridgehead atoms. The molecule has 1 saturated heterocycles. The first kappa shape index (κ1) is 10.6. The van der Waals surface area contributed by atoms with Crippen molar-refractivity contribution in [2.45, 2.75) is 6.04 Å². The molecule has 17 heavy (non-hydrogen) atoms. The van der Waals surface area contributed by atoms with Gasteiger partial charge in [-0.25, -0.2) is 4.98 Å². The molecule has 0 unspecified atom stereocenters. The minimum atomic E-state index is -0.172. The molecule has 2 aromatic heterocycles. The van der Waals surface area contributed by atoms with Gasteiger partial charge < -0.3 is 15.0 Å². The smallest absolute Gasteiger partial charge is 0.259 e. The van der Waals surface area contributed by atoms with Crippen LogP contribution in [0.4, 0.5) is 5.82 Å². The molecule has 0 aliphatic carbocycles. The summed E-state index contributed by atoms with van der Waals surface area (Å²) in [7, 11) is 0. The summed E-state index contributed by atoms with van der Waals surface area (Å²) in [6.07, 6.45) is 1.59. The lowest BCUT2D eigenvalue weighted by atomic mass is 10.2. The summed E-state index contributed by atoms with van der Waals surface area (Å²) in [4.78, 5) is 18.6. The number of anilines is 1. The monoisotopic (exact) mass is 251 g/mol. The Kier molecular flexibility index (Phi) is 2.49. The van der Waals surface area contributed by atoms with Crippen LogP contribution in [0, 0.1) is 0 Å². The van der Waals surface area contributed by atoms with Gasteiger partial charge in [0.05, 0.1) is 24.6 Å². The number of rotatable bonds is 2. The van der Waals surface area contributed by atoms with E-state index in [1.807, 2.05) is 0 Å². The molecule has 1 aliphatic rings. The van der Waals surface area contributed by atoms with Crippen LogP contribution in [0.25, 0.3) is 10.8 Å². The first-order valence-electron chi connectivity index (χ1n) is 5.26. The van der Waals surface area contributed by atoms with Crippen LogP contribution in [-0.4, -0.2) is 29.2 Å². The lowest BCUT2D eigenvalue weighted by Crippen LogP contribution is -2.40. The highest BCUT2D eigenvalue weighted by Crippen LogP contribution is 2.22. The molecule has 6 heteroatoms. The molecule has 1 fully saturated rings. The van der Waals surface area contributed by atoms with Crippen molar-refractivity contribution in [2.75, 3.05) is 18.5 Å². The van der Waals surface area contributed by atoms with Crippen LogP contribution in [0.5, 0.6) is 0 Å². The van der Waals surface area contributed by atoms with E-state index >= 15 is 0 Å². The molecule has 5 nitrogen and oxygen atoms in total. The van der Waals surface area contributed by atoms with Crippen LogP contribution in [-0.2, 0) is 4.74 Å². The average molecular weight is 252 g/mol. The third-order valence-corrected chi connectivity index (χ3v) is 2.90. The van der Waals surface area contributed by atoms with E-state index < -0.39 is 0 Å². The van der Waals surface area contributed by atoms with E-state index in [4.69, 9.17) is 16.3 Å². The molecule has 2 aromatic rings. The second-order valence-corrected chi connectivity index (χ2v) is 4.33. The highest BCUT2D eigenvalue weighted by molar-refractivity contribution is 6.30. The van der Waals surface area contributed by atoms with Gasteiger partial charge in [0.25, 0.3) is 5.56 Å². The number of halogens is 1. The fourth-order valence-electron chi connectivity index (χ4n) is 1.80. The Bertz CT molecular complexity index is 622. The molecule has 1 aliphatic heterocycles. The predicted molar refractivity (Wildman–Crippen MR) is 65.6 cm³/mol. The van der Waals surface area contributed by atoms with E-state index in [2.05, 4.69) is 15.3 Å². The molecule has 2 N–H and O–H groups in total. The number of nitrogens with one attached hydrogen (secondary N) is 2. The molecule has 0 amide bonds. The number of H-pyrrole nitrogens is 1. The molecule has 0 aromatic carbocycles. The SMILES string of the molecule is O=c1[nH]ccc2cc(Cl)nc(NC3COC3)c12. The van der Waals surface area contributed by atoms with E-state index in [-0.39, 0.29) is 11.6 Å². The Balaban J connectivity index is 2.16. The summed E-state index contributed by atoms with van der Waals surface area (Å²) < 4.78 is 5.07. The van der Waals surface area contributed by atoms with E-state index in [0.29, 0.717) is 29.6 Å². The minimum Gasteiger partial charge on any atom is -0.377 e. The summed E-state index contributed by atoms with van der Waals surface area (Å²) >= 11 is 5.93. The van der Waals surface area contributed by atoms with Gasteiger partial charge in [0.2, 0.25) is 0 Å². The maximum atomic E-state index is 11.8. The fraction of sp³-hybridized carbons (Fsp3) is 0.273. The Morgan fingerprint density at radius 2 is 2.35 bits per heavy atom. The molecule has 3 rings (SSSR count). The van der Waals surface area contributed by atoms with Gasteiger partial charge in [-0.15, -0.1) is 0 Å². The predicted octanol–water partition coefficient (Wildman–Crippen LogP) is 1.39. The number of fused-ring (bicyclic) bond motifs is 1. The molecule has 0 saturated carbocycles. The highest BCUT2D eigenvalue weighted by atomic mass is 35.5. The number of nitrogens with zero attached hydrogens (tertiary/aromatic N) is 1. The number of ether oxygens (including phenoxy) is 1. The molecule has 3 heterocycles. The van der Waals surface area contributed by atoms with Gasteiger partial charge in [-0.3, -0.25) is 4.79 Å². The largest absolute Gasteiger partial charge is 0.377 e. The van der Waals surface area contributed by atoms with E-state index in [9.17, 15) is 4.79 Å². The van der Waals surface area contributed by atoms with Crippen molar-refractivity contribution in [3.63, 3.8) is 0 Å². The van der Waals surface area contributed by atoms with Crippen molar-refractivity contribution in [3.8, 4) is 0 Å². The zero-order chi connectivity index (χ0) is 11.8. The van der Waals surface area contributed by atoms with Gasteiger partial charge >= 0.3 is 0 Å². The average Bonchev–Trinajstić information content (AvgIpc) is 2.22. The first-order valence-corrected chi connectivity index (χ1v) is 5.64. The quantitative estimate of drug-likeness (QED) is 0.792. The molecule has 0 atom stereocenters. The van der Waals surface area contributed by atoms with Crippen LogP contribution in [0.1, 0.15) is 0 Å². The number of aromatic nitrogens is 2. The Morgan fingerprint density at radius 1 is 1.53 bits per heavy atom. The normalized spacial score (nSPS) is 15.8. The molecular weight excluding hydrogens is 242 g/mol. The van der Waals surface area contributed by atoms with Gasteiger partial charge in [0, 0.05) is 6.20 Å². The van der Waals surface area contributed by atoms with Crippen LogP contribution in [0.2, 0.25) is 5.15 Å². The zero-order valence-electron chi connectivity index (χ0n) is 8.87. The molecule has 0 spiro atoms. The second kappa shape index (κ2) is 4.01. The molecule has 0 radical (unpaired) electrons. The Morgan fingerprint density at radius 3 is 3.06 bits per heavy atom. The Hall–Kier alpha value is -1.59. The maximum absolute atomic E-state index is 11.8. The van der Waals surface area contributed by atoms with E-state index in [1.165, 1.54) is 0 Å². The zero-order valence-corrected chi connectivity index (χ0v) is 9.62. The van der Waals surface area contributed by atoms with Crippen LogP contribution in [0.3, 0.4) is 0 Å². The number of hydrogen-bond acceptors (Lipinski definition) is 4. The molecular formula is C11H10ClN3O2. The summed E-state index contributed by atoms with van der Waals surface area (Å²) in [5.74, 6) is 0.516. The van der Waals surface area contributed by atoms with E-state index in [1.54, 1.807) is 18.3 Å². The van der Waals surface area contributed by atoms with Gasteiger partial charge in [-0.05, 0) is 17.5 Å². The van der Waals surface area contributed by atoms with Crippen molar-refractivity contribution >= 4 is 28.2 Å². The topological polar surface area (TPSA) is 67.0 Å². The van der Waals surface area contributed by atoms with Crippen LogP contribution >= 0.6 is 11.6 Å².